The number of H-pyrrole nitrogens is 1. The highest BCUT2D eigenvalue weighted by atomic mass is 79.9. The summed E-state index contributed by atoms with van der Waals surface area (Å²) in [7, 11) is 1.49. The van der Waals surface area contributed by atoms with Crippen molar-refractivity contribution < 1.29 is 9.53 Å². The van der Waals surface area contributed by atoms with Crippen molar-refractivity contribution in [1.82, 2.24) is 9.55 Å². The molecule has 0 saturated carbocycles. The van der Waals surface area contributed by atoms with E-state index in [0.717, 1.165) is 10.0 Å². The number of amides is 1. The van der Waals surface area contributed by atoms with Gasteiger partial charge in [-0.1, -0.05) is 52.3 Å². The highest BCUT2D eigenvalue weighted by molar-refractivity contribution is 9.10. The van der Waals surface area contributed by atoms with Crippen molar-refractivity contribution in [3.05, 3.63) is 91.0 Å². The van der Waals surface area contributed by atoms with E-state index in [0.29, 0.717) is 5.56 Å². The number of hydrogen-bond acceptors (Lipinski definition) is 5. The van der Waals surface area contributed by atoms with Gasteiger partial charge in [0.05, 0.1) is 19.7 Å². The molecule has 3 aromatic rings. The van der Waals surface area contributed by atoms with Crippen LogP contribution in [-0.2, 0) is 17.8 Å². The molecule has 30 heavy (non-hydrogen) atoms. The Balaban J connectivity index is 2.16. The summed E-state index contributed by atoms with van der Waals surface area (Å²) in [6, 6.07) is 16.0. The van der Waals surface area contributed by atoms with E-state index in [4.69, 9.17) is 10.5 Å². The smallest absolute Gasteiger partial charge is 0.330 e. The van der Waals surface area contributed by atoms with Crippen LogP contribution in [0.4, 0.5) is 11.5 Å². The predicted molar refractivity (Wildman–Crippen MR) is 119 cm³/mol. The van der Waals surface area contributed by atoms with Gasteiger partial charge in [-0.2, -0.15) is 0 Å². The molecule has 0 radical (unpaired) electrons. The molecule has 0 fully saturated rings. The molecule has 3 N–H and O–H groups in total. The topological polar surface area (TPSA) is 110 Å². The van der Waals surface area contributed by atoms with E-state index in [-0.39, 0.29) is 31.2 Å². The molecule has 0 aliphatic rings. The molecule has 156 valence electrons. The first-order valence-electron chi connectivity index (χ1n) is 9.15. The first-order valence-corrected chi connectivity index (χ1v) is 9.94. The molecule has 0 aliphatic heterocycles. The zero-order valence-electron chi connectivity index (χ0n) is 16.3. The Labute approximate surface area is 181 Å². The lowest BCUT2D eigenvalue weighted by molar-refractivity contribution is 0.0984. The molecule has 0 atom stereocenters. The molecule has 2 aromatic carbocycles. The molecular formula is C21H21BrN4O4. The number of carbonyl (C=O) groups excluding carboxylic acids is 1. The van der Waals surface area contributed by atoms with Crippen LogP contribution < -0.4 is 21.9 Å². The van der Waals surface area contributed by atoms with Crippen LogP contribution in [0, 0.1) is 0 Å². The van der Waals surface area contributed by atoms with Gasteiger partial charge in [0, 0.05) is 17.1 Å². The van der Waals surface area contributed by atoms with Gasteiger partial charge >= 0.3 is 5.69 Å². The lowest BCUT2D eigenvalue weighted by Crippen LogP contribution is -2.41. The van der Waals surface area contributed by atoms with Crippen LogP contribution in [0.2, 0.25) is 0 Å². The zero-order valence-corrected chi connectivity index (χ0v) is 17.9. The second-order valence-electron chi connectivity index (χ2n) is 6.52. The number of methoxy groups -OCH3 is 1. The maximum absolute atomic E-state index is 13.4. The molecule has 8 nitrogen and oxygen atoms in total. The van der Waals surface area contributed by atoms with E-state index >= 15 is 0 Å². The van der Waals surface area contributed by atoms with Gasteiger partial charge in [0.1, 0.15) is 5.82 Å². The summed E-state index contributed by atoms with van der Waals surface area (Å²) in [5, 5.41) is 0. The molecule has 3 rings (SSSR count). The third-order valence-corrected chi connectivity index (χ3v) is 5.00. The van der Waals surface area contributed by atoms with Crippen molar-refractivity contribution in [3.63, 3.8) is 0 Å². The van der Waals surface area contributed by atoms with Gasteiger partial charge in [0.2, 0.25) is 0 Å². The monoisotopic (exact) mass is 472 g/mol. The fourth-order valence-corrected chi connectivity index (χ4v) is 3.44. The number of halogens is 1. The normalized spacial score (nSPS) is 10.7. The minimum atomic E-state index is -0.731. The third kappa shape index (κ3) is 4.69. The van der Waals surface area contributed by atoms with E-state index in [1.165, 1.54) is 16.6 Å². The number of carbonyl (C=O) groups is 1. The minimum Gasteiger partial charge on any atom is -0.383 e. The predicted octanol–water partition coefficient (Wildman–Crippen LogP) is 2.37. The van der Waals surface area contributed by atoms with Crippen molar-refractivity contribution in [2.24, 2.45) is 0 Å². The van der Waals surface area contributed by atoms with Crippen LogP contribution in [-0.4, -0.2) is 29.2 Å². The second kappa shape index (κ2) is 9.55. The van der Waals surface area contributed by atoms with E-state index < -0.39 is 17.2 Å². The molecule has 0 aliphatic carbocycles. The quantitative estimate of drug-likeness (QED) is 0.548. The molecule has 1 aromatic heterocycles. The van der Waals surface area contributed by atoms with Crippen LogP contribution in [0.15, 0.2) is 68.7 Å². The fraction of sp³-hybridized carbons (Fsp3) is 0.190. The van der Waals surface area contributed by atoms with Crippen molar-refractivity contribution in [1.29, 1.82) is 0 Å². The average molecular weight is 473 g/mol. The van der Waals surface area contributed by atoms with Gasteiger partial charge in [-0.05, 0) is 23.8 Å². The molecule has 1 heterocycles. The van der Waals surface area contributed by atoms with Crippen LogP contribution in [0.1, 0.15) is 15.9 Å². The van der Waals surface area contributed by atoms with E-state index in [1.807, 2.05) is 30.3 Å². The lowest BCUT2D eigenvalue weighted by Gasteiger charge is -2.25. The number of aromatic nitrogens is 2. The average Bonchev–Trinajstić information content (AvgIpc) is 2.73. The Kier molecular flexibility index (Phi) is 6.86. The third-order valence-electron chi connectivity index (χ3n) is 4.50. The molecule has 0 spiro atoms. The summed E-state index contributed by atoms with van der Waals surface area (Å²) in [4.78, 5) is 41.9. The fourth-order valence-electron chi connectivity index (χ4n) is 3.04. The first kappa shape index (κ1) is 21.5. The van der Waals surface area contributed by atoms with Gasteiger partial charge < -0.3 is 10.5 Å². The maximum atomic E-state index is 13.4. The summed E-state index contributed by atoms with van der Waals surface area (Å²) in [6.07, 6.45) is 0. The lowest BCUT2D eigenvalue weighted by atomic mass is 10.1. The first-order chi connectivity index (χ1) is 14.4. The Hall–Kier alpha value is -3.17. The van der Waals surface area contributed by atoms with Crippen molar-refractivity contribution in [3.8, 4) is 0 Å². The summed E-state index contributed by atoms with van der Waals surface area (Å²) in [5.74, 6) is -0.519. The molecule has 1 amide bonds. The number of ether oxygens (including phenoxy) is 1. The molecule has 0 bridgehead atoms. The summed E-state index contributed by atoms with van der Waals surface area (Å²) in [6.45, 7) is 0.449. The van der Waals surface area contributed by atoms with Crippen LogP contribution in [0.3, 0.4) is 0 Å². The van der Waals surface area contributed by atoms with Gasteiger partial charge in [-0.15, -0.1) is 0 Å². The van der Waals surface area contributed by atoms with Crippen molar-refractivity contribution in [2.75, 3.05) is 24.4 Å². The van der Waals surface area contributed by atoms with Gasteiger partial charge in [0.15, 0.2) is 5.69 Å². The molecule has 9 heteroatoms. The van der Waals surface area contributed by atoms with Gasteiger partial charge in [-0.3, -0.25) is 24.0 Å². The summed E-state index contributed by atoms with van der Waals surface area (Å²) < 4.78 is 6.93. The number of benzene rings is 2. The Morgan fingerprint density at radius 3 is 2.57 bits per heavy atom. The number of aromatic amines is 1. The van der Waals surface area contributed by atoms with Crippen molar-refractivity contribution >= 4 is 33.3 Å². The van der Waals surface area contributed by atoms with Crippen LogP contribution in [0.5, 0.6) is 0 Å². The summed E-state index contributed by atoms with van der Waals surface area (Å²) in [5.41, 5.74) is 5.91. The van der Waals surface area contributed by atoms with E-state index in [9.17, 15) is 14.4 Å². The van der Waals surface area contributed by atoms with Gasteiger partial charge in [0.25, 0.3) is 11.5 Å². The van der Waals surface area contributed by atoms with E-state index in [1.54, 1.807) is 24.3 Å². The number of nitrogens with one attached hydrogen (secondary N) is 1. The van der Waals surface area contributed by atoms with Gasteiger partial charge in [-0.25, -0.2) is 4.79 Å². The van der Waals surface area contributed by atoms with Crippen LogP contribution >= 0.6 is 15.9 Å². The SMILES string of the molecule is COCCn1c(N)c(N(Cc2ccccc2)C(=O)c2cccc(Br)c2)c(=O)[nH]c1=O. The Bertz CT molecular complexity index is 1160. The number of anilines is 2. The number of nitrogens with zero attached hydrogens (tertiary/aromatic N) is 2. The molecule has 0 saturated heterocycles. The maximum Gasteiger partial charge on any atom is 0.330 e. The molecular weight excluding hydrogens is 452 g/mol. The largest absolute Gasteiger partial charge is 0.383 e. The number of nitrogens with two attached hydrogens (primary N) is 1. The van der Waals surface area contributed by atoms with Crippen molar-refractivity contribution in [2.45, 2.75) is 13.1 Å². The standard InChI is InChI=1S/C21H21BrN4O4/c1-30-11-10-25-18(23)17(19(27)24-21(25)29)26(13-14-6-3-2-4-7-14)20(28)15-8-5-9-16(22)12-15/h2-9,12H,10-11,13,23H2,1H3,(H,24,27,29). The minimum absolute atomic E-state index is 0.0838. The number of hydrogen-bond donors (Lipinski definition) is 2. The Morgan fingerprint density at radius 1 is 1.17 bits per heavy atom. The summed E-state index contributed by atoms with van der Waals surface area (Å²) >= 11 is 3.36. The highest BCUT2D eigenvalue weighted by Crippen LogP contribution is 2.23. The van der Waals surface area contributed by atoms with Crippen LogP contribution in [0.25, 0.3) is 0 Å². The Morgan fingerprint density at radius 2 is 1.90 bits per heavy atom. The number of rotatable bonds is 7. The van der Waals surface area contributed by atoms with E-state index in [2.05, 4.69) is 20.9 Å². The second-order valence-corrected chi connectivity index (χ2v) is 7.44. The number of nitrogen functional groups attached to an aromatic ring is 1. The highest BCUT2D eigenvalue weighted by Gasteiger charge is 2.25. The zero-order chi connectivity index (χ0) is 21.7. The molecule has 0 unspecified atom stereocenters.